The minimum atomic E-state index is -0.0217. The van der Waals surface area contributed by atoms with E-state index in [-0.39, 0.29) is 5.41 Å². The monoisotopic (exact) mass is 295 g/mol. The van der Waals surface area contributed by atoms with Crippen LogP contribution in [0.3, 0.4) is 0 Å². The molecule has 110 valence electrons. The summed E-state index contributed by atoms with van der Waals surface area (Å²) in [5.74, 6) is 3.05. The summed E-state index contributed by atoms with van der Waals surface area (Å²) in [6.45, 7) is 9.56. The Morgan fingerprint density at radius 2 is 2.10 bits per heavy atom. The van der Waals surface area contributed by atoms with Gasteiger partial charge in [0.15, 0.2) is 5.16 Å². The predicted molar refractivity (Wildman–Crippen MR) is 78.4 cm³/mol. The Bertz CT molecular complexity index is 570. The van der Waals surface area contributed by atoms with Gasteiger partial charge in [-0.25, -0.2) is 4.98 Å². The summed E-state index contributed by atoms with van der Waals surface area (Å²) >= 11 is 1.56. The Balaban J connectivity index is 2.05. The molecule has 2 N–H and O–H groups in total. The van der Waals surface area contributed by atoms with Crippen LogP contribution in [0.15, 0.2) is 15.8 Å². The quantitative estimate of drug-likeness (QED) is 0.852. The van der Waals surface area contributed by atoms with E-state index in [0.717, 1.165) is 23.3 Å². The second-order valence-electron chi connectivity index (χ2n) is 5.50. The van der Waals surface area contributed by atoms with Gasteiger partial charge in [-0.1, -0.05) is 32.5 Å². The molecule has 2 rings (SSSR count). The first-order valence-corrected chi connectivity index (χ1v) is 7.64. The maximum absolute atomic E-state index is 5.76. The average Bonchev–Trinajstić information content (AvgIpc) is 3.01. The van der Waals surface area contributed by atoms with Crippen molar-refractivity contribution in [3.63, 3.8) is 0 Å². The van der Waals surface area contributed by atoms with E-state index in [1.165, 1.54) is 0 Å². The van der Waals surface area contributed by atoms with Gasteiger partial charge in [-0.2, -0.15) is 0 Å². The molecule has 0 saturated carbocycles. The molecule has 2 aromatic heterocycles. The van der Waals surface area contributed by atoms with E-state index in [1.807, 2.05) is 4.57 Å². The molecule has 0 bridgehead atoms. The molecule has 6 nitrogen and oxygen atoms in total. The maximum Gasteiger partial charge on any atom is 0.204 e. The van der Waals surface area contributed by atoms with Gasteiger partial charge in [0.1, 0.15) is 11.6 Å². The molecule has 2 heterocycles. The maximum atomic E-state index is 5.76. The summed E-state index contributed by atoms with van der Waals surface area (Å²) in [6.07, 6.45) is 1.80. The third-order valence-corrected chi connectivity index (χ3v) is 3.86. The standard InChI is InChI=1S/C13H21N5OS/c1-5-18-10(6-14)16-17-12(18)20-8-11-15-7-9(19-11)13(2,3)4/h7H,5-6,8,14H2,1-4H3. The van der Waals surface area contributed by atoms with Gasteiger partial charge in [0.2, 0.25) is 5.89 Å². The zero-order valence-electron chi connectivity index (χ0n) is 12.4. The smallest absolute Gasteiger partial charge is 0.204 e. The second kappa shape index (κ2) is 5.97. The zero-order valence-corrected chi connectivity index (χ0v) is 13.2. The van der Waals surface area contributed by atoms with Gasteiger partial charge in [0, 0.05) is 12.0 Å². The van der Waals surface area contributed by atoms with Gasteiger partial charge in [-0.3, -0.25) is 0 Å². The van der Waals surface area contributed by atoms with Crippen LogP contribution in [0, 0.1) is 0 Å². The van der Waals surface area contributed by atoms with Crippen LogP contribution in [0.4, 0.5) is 0 Å². The number of aromatic nitrogens is 4. The Labute approximate surface area is 123 Å². The van der Waals surface area contributed by atoms with Crippen LogP contribution in [0.1, 0.15) is 45.2 Å². The molecule has 7 heteroatoms. The molecule has 0 saturated heterocycles. The normalized spacial score (nSPS) is 12.1. The number of nitrogens with two attached hydrogens (primary N) is 1. The largest absolute Gasteiger partial charge is 0.444 e. The molecule has 0 spiro atoms. The number of hydrogen-bond acceptors (Lipinski definition) is 6. The first-order valence-electron chi connectivity index (χ1n) is 6.65. The van der Waals surface area contributed by atoms with E-state index in [9.17, 15) is 0 Å². The molecule has 0 aliphatic rings. The van der Waals surface area contributed by atoms with Crippen molar-refractivity contribution in [1.29, 1.82) is 0 Å². The third-order valence-electron chi connectivity index (χ3n) is 2.91. The molecule has 20 heavy (non-hydrogen) atoms. The van der Waals surface area contributed by atoms with E-state index in [1.54, 1.807) is 18.0 Å². The van der Waals surface area contributed by atoms with E-state index in [2.05, 4.69) is 42.9 Å². The minimum absolute atomic E-state index is 0.0217. The van der Waals surface area contributed by atoms with Gasteiger partial charge >= 0.3 is 0 Å². The summed E-state index contributed by atoms with van der Waals surface area (Å²) in [5.41, 5.74) is 5.61. The van der Waals surface area contributed by atoms with E-state index < -0.39 is 0 Å². The van der Waals surface area contributed by atoms with Crippen LogP contribution in [-0.4, -0.2) is 19.7 Å². The Kier molecular flexibility index (Phi) is 4.49. The predicted octanol–water partition coefficient (Wildman–Crippen LogP) is 2.33. The van der Waals surface area contributed by atoms with Crippen molar-refractivity contribution in [2.45, 2.75) is 57.1 Å². The van der Waals surface area contributed by atoms with Crippen LogP contribution in [-0.2, 0) is 24.3 Å². The first kappa shape index (κ1) is 15.1. The van der Waals surface area contributed by atoms with Crippen molar-refractivity contribution in [2.75, 3.05) is 0 Å². The molecule has 2 aromatic rings. The lowest BCUT2D eigenvalue weighted by molar-refractivity contribution is 0.390. The molecular formula is C13H21N5OS. The summed E-state index contributed by atoms with van der Waals surface area (Å²) in [4.78, 5) is 4.31. The number of rotatable bonds is 5. The fraction of sp³-hybridized carbons (Fsp3) is 0.615. The average molecular weight is 295 g/mol. The molecular weight excluding hydrogens is 274 g/mol. The number of nitrogens with zero attached hydrogens (tertiary/aromatic N) is 4. The van der Waals surface area contributed by atoms with Gasteiger partial charge in [-0.05, 0) is 6.92 Å². The van der Waals surface area contributed by atoms with Gasteiger partial charge in [-0.15, -0.1) is 10.2 Å². The van der Waals surface area contributed by atoms with Gasteiger partial charge in [0.05, 0.1) is 18.5 Å². The van der Waals surface area contributed by atoms with Crippen molar-refractivity contribution >= 4 is 11.8 Å². The van der Waals surface area contributed by atoms with Crippen molar-refractivity contribution in [2.24, 2.45) is 5.73 Å². The molecule has 0 aromatic carbocycles. The number of hydrogen-bond donors (Lipinski definition) is 1. The minimum Gasteiger partial charge on any atom is -0.444 e. The molecule has 0 radical (unpaired) electrons. The zero-order chi connectivity index (χ0) is 14.8. The van der Waals surface area contributed by atoms with Crippen molar-refractivity contribution in [1.82, 2.24) is 19.7 Å². The lowest BCUT2D eigenvalue weighted by Crippen LogP contribution is -2.09. The highest BCUT2D eigenvalue weighted by Gasteiger charge is 2.19. The fourth-order valence-corrected chi connectivity index (χ4v) is 2.62. The Hall–Kier alpha value is -1.34. The van der Waals surface area contributed by atoms with Crippen LogP contribution >= 0.6 is 11.8 Å². The summed E-state index contributed by atoms with van der Waals surface area (Å²) < 4.78 is 7.77. The lowest BCUT2D eigenvalue weighted by Gasteiger charge is -2.13. The van der Waals surface area contributed by atoms with Crippen molar-refractivity contribution in [3.05, 3.63) is 23.7 Å². The fourth-order valence-electron chi connectivity index (χ4n) is 1.74. The van der Waals surface area contributed by atoms with Crippen LogP contribution in [0.25, 0.3) is 0 Å². The lowest BCUT2D eigenvalue weighted by atomic mass is 9.94. The van der Waals surface area contributed by atoms with E-state index >= 15 is 0 Å². The van der Waals surface area contributed by atoms with Crippen molar-refractivity contribution in [3.8, 4) is 0 Å². The van der Waals surface area contributed by atoms with Gasteiger partial charge < -0.3 is 14.7 Å². The van der Waals surface area contributed by atoms with E-state index in [0.29, 0.717) is 18.2 Å². The summed E-state index contributed by atoms with van der Waals surface area (Å²) in [5, 5.41) is 9.08. The topological polar surface area (TPSA) is 82.8 Å². The Morgan fingerprint density at radius 1 is 1.35 bits per heavy atom. The molecule has 0 unspecified atom stereocenters. The van der Waals surface area contributed by atoms with Crippen LogP contribution in [0.5, 0.6) is 0 Å². The molecule has 0 fully saturated rings. The summed E-state index contributed by atoms with van der Waals surface area (Å²) in [7, 11) is 0. The molecule has 0 atom stereocenters. The SMILES string of the molecule is CCn1c(CN)nnc1SCc1ncc(C(C)(C)C)o1. The highest BCUT2D eigenvalue weighted by Crippen LogP contribution is 2.26. The number of oxazole rings is 1. The third kappa shape index (κ3) is 3.21. The van der Waals surface area contributed by atoms with Gasteiger partial charge in [0.25, 0.3) is 0 Å². The van der Waals surface area contributed by atoms with E-state index in [4.69, 9.17) is 10.2 Å². The number of thioether (sulfide) groups is 1. The highest BCUT2D eigenvalue weighted by molar-refractivity contribution is 7.98. The molecule has 0 amide bonds. The highest BCUT2D eigenvalue weighted by atomic mass is 32.2. The summed E-state index contributed by atoms with van der Waals surface area (Å²) in [6, 6.07) is 0. The molecule has 0 aliphatic carbocycles. The second-order valence-corrected chi connectivity index (χ2v) is 6.45. The Morgan fingerprint density at radius 3 is 2.65 bits per heavy atom. The molecule has 0 aliphatic heterocycles. The van der Waals surface area contributed by atoms with Crippen LogP contribution < -0.4 is 5.73 Å². The van der Waals surface area contributed by atoms with Crippen molar-refractivity contribution < 1.29 is 4.42 Å². The van der Waals surface area contributed by atoms with Crippen LogP contribution in [0.2, 0.25) is 0 Å². The first-order chi connectivity index (χ1) is 9.45.